The van der Waals surface area contributed by atoms with Crippen molar-refractivity contribution in [2.24, 2.45) is 0 Å². The van der Waals surface area contributed by atoms with Gasteiger partial charge >= 0.3 is 0 Å². The highest BCUT2D eigenvalue weighted by molar-refractivity contribution is 5.85. The van der Waals surface area contributed by atoms with Crippen molar-refractivity contribution < 1.29 is 9.47 Å². The molecule has 2 nitrogen and oxygen atoms in total. The third-order valence-corrected chi connectivity index (χ3v) is 2.41. The lowest BCUT2D eigenvalue weighted by molar-refractivity contribution is 0.339. The lowest BCUT2D eigenvalue weighted by Gasteiger charge is -2.07. The SMILES string of the molecule is CCOc1ccc2cc(OCC)ccc2c1. The molecule has 0 saturated heterocycles. The zero-order chi connectivity index (χ0) is 11.4. The Hall–Kier alpha value is -1.70. The minimum Gasteiger partial charge on any atom is -0.494 e. The summed E-state index contributed by atoms with van der Waals surface area (Å²) in [6.45, 7) is 5.37. The van der Waals surface area contributed by atoms with E-state index >= 15 is 0 Å². The highest BCUT2D eigenvalue weighted by Gasteiger charge is 1.99. The fourth-order valence-corrected chi connectivity index (χ4v) is 1.71. The van der Waals surface area contributed by atoms with E-state index in [9.17, 15) is 0 Å². The second kappa shape index (κ2) is 4.88. The van der Waals surface area contributed by atoms with Crippen molar-refractivity contribution >= 4 is 10.8 Å². The van der Waals surface area contributed by atoms with Crippen LogP contribution in [0.1, 0.15) is 13.8 Å². The molecule has 0 radical (unpaired) electrons. The summed E-state index contributed by atoms with van der Waals surface area (Å²) in [6, 6.07) is 12.2. The minimum absolute atomic E-state index is 0.697. The van der Waals surface area contributed by atoms with E-state index in [1.165, 1.54) is 10.8 Å². The van der Waals surface area contributed by atoms with E-state index in [1.54, 1.807) is 0 Å². The molecule has 2 heteroatoms. The van der Waals surface area contributed by atoms with Crippen LogP contribution in [0.5, 0.6) is 11.5 Å². The molecule has 0 amide bonds. The van der Waals surface area contributed by atoms with E-state index < -0.39 is 0 Å². The largest absolute Gasteiger partial charge is 0.494 e. The Morgan fingerprint density at radius 2 is 1.19 bits per heavy atom. The normalized spacial score (nSPS) is 10.4. The maximum atomic E-state index is 5.46. The van der Waals surface area contributed by atoms with Gasteiger partial charge in [0.05, 0.1) is 13.2 Å². The molecule has 0 bridgehead atoms. The summed E-state index contributed by atoms with van der Waals surface area (Å²) in [5, 5.41) is 2.35. The van der Waals surface area contributed by atoms with Crippen LogP contribution in [-0.4, -0.2) is 13.2 Å². The van der Waals surface area contributed by atoms with Gasteiger partial charge in [-0.3, -0.25) is 0 Å². The van der Waals surface area contributed by atoms with Crippen LogP contribution in [0.3, 0.4) is 0 Å². The predicted molar refractivity (Wildman–Crippen MR) is 66.3 cm³/mol. The standard InChI is InChI=1S/C14H16O2/c1-3-15-13-7-5-12-10-14(16-4-2)8-6-11(12)9-13/h5-10H,3-4H2,1-2H3. The van der Waals surface area contributed by atoms with Gasteiger partial charge in [0.15, 0.2) is 0 Å². The molecule has 0 aliphatic rings. The summed E-state index contributed by atoms with van der Waals surface area (Å²) in [5.41, 5.74) is 0. The van der Waals surface area contributed by atoms with Gasteiger partial charge in [-0.15, -0.1) is 0 Å². The second-order valence-corrected chi connectivity index (χ2v) is 3.54. The zero-order valence-electron chi connectivity index (χ0n) is 9.69. The maximum absolute atomic E-state index is 5.46. The Labute approximate surface area is 95.8 Å². The number of benzene rings is 2. The van der Waals surface area contributed by atoms with Gasteiger partial charge in [0.2, 0.25) is 0 Å². The fourth-order valence-electron chi connectivity index (χ4n) is 1.71. The number of rotatable bonds is 4. The monoisotopic (exact) mass is 216 g/mol. The quantitative estimate of drug-likeness (QED) is 0.776. The second-order valence-electron chi connectivity index (χ2n) is 3.54. The van der Waals surface area contributed by atoms with Crippen molar-refractivity contribution in [3.05, 3.63) is 36.4 Å². The van der Waals surface area contributed by atoms with Crippen LogP contribution in [0.25, 0.3) is 10.8 Å². The van der Waals surface area contributed by atoms with Gasteiger partial charge in [-0.2, -0.15) is 0 Å². The Kier molecular flexibility index (Phi) is 3.30. The first-order valence-electron chi connectivity index (χ1n) is 5.63. The predicted octanol–water partition coefficient (Wildman–Crippen LogP) is 3.64. The first-order valence-corrected chi connectivity index (χ1v) is 5.63. The molecular weight excluding hydrogens is 200 g/mol. The van der Waals surface area contributed by atoms with Crippen molar-refractivity contribution in [1.29, 1.82) is 0 Å². The molecule has 0 unspecified atom stereocenters. The van der Waals surface area contributed by atoms with Crippen LogP contribution in [0.15, 0.2) is 36.4 Å². The minimum atomic E-state index is 0.697. The highest BCUT2D eigenvalue weighted by Crippen LogP contribution is 2.24. The van der Waals surface area contributed by atoms with Crippen LogP contribution in [0.4, 0.5) is 0 Å². The zero-order valence-corrected chi connectivity index (χ0v) is 9.69. The summed E-state index contributed by atoms with van der Waals surface area (Å²) in [4.78, 5) is 0. The Bertz CT molecular complexity index is 432. The molecule has 0 fully saturated rings. The van der Waals surface area contributed by atoms with Gasteiger partial charge in [0.25, 0.3) is 0 Å². The van der Waals surface area contributed by atoms with Gasteiger partial charge in [-0.05, 0) is 48.9 Å². The number of hydrogen-bond acceptors (Lipinski definition) is 2. The van der Waals surface area contributed by atoms with Crippen LogP contribution in [-0.2, 0) is 0 Å². The average molecular weight is 216 g/mol. The van der Waals surface area contributed by atoms with E-state index in [0.29, 0.717) is 13.2 Å². The Morgan fingerprint density at radius 1 is 0.750 bits per heavy atom. The summed E-state index contributed by atoms with van der Waals surface area (Å²) >= 11 is 0. The molecule has 0 spiro atoms. The summed E-state index contributed by atoms with van der Waals surface area (Å²) in [6.07, 6.45) is 0. The van der Waals surface area contributed by atoms with Crippen LogP contribution in [0.2, 0.25) is 0 Å². The lowest BCUT2D eigenvalue weighted by Crippen LogP contribution is -1.92. The summed E-state index contributed by atoms with van der Waals surface area (Å²) in [5.74, 6) is 1.83. The molecule has 2 aromatic carbocycles. The third kappa shape index (κ3) is 2.27. The number of fused-ring (bicyclic) bond motifs is 1. The molecular formula is C14H16O2. The molecule has 16 heavy (non-hydrogen) atoms. The van der Waals surface area contributed by atoms with E-state index in [0.717, 1.165) is 11.5 Å². The molecule has 0 aromatic heterocycles. The fraction of sp³-hybridized carbons (Fsp3) is 0.286. The van der Waals surface area contributed by atoms with Gasteiger partial charge < -0.3 is 9.47 Å². The topological polar surface area (TPSA) is 18.5 Å². The van der Waals surface area contributed by atoms with Crippen molar-refractivity contribution in [2.45, 2.75) is 13.8 Å². The summed E-state index contributed by atoms with van der Waals surface area (Å²) < 4.78 is 10.9. The van der Waals surface area contributed by atoms with Crippen LogP contribution >= 0.6 is 0 Å². The molecule has 0 N–H and O–H groups in total. The third-order valence-electron chi connectivity index (χ3n) is 2.41. The molecule has 0 aliphatic heterocycles. The Balaban J connectivity index is 2.36. The molecule has 0 saturated carbocycles. The lowest BCUT2D eigenvalue weighted by atomic mass is 10.1. The van der Waals surface area contributed by atoms with E-state index in [1.807, 2.05) is 26.0 Å². The maximum Gasteiger partial charge on any atom is 0.119 e. The van der Waals surface area contributed by atoms with Gasteiger partial charge in [-0.1, -0.05) is 12.1 Å². The first kappa shape index (κ1) is 10.8. The average Bonchev–Trinajstić information content (AvgIpc) is 2.30. The summed E-state index contributed by atoms with van der Waals surface area (Å²) in [7, 11) is 0. The van der Waals surface area contributed by atoms with Crippen LogP contribution < -0.4 is 9.47 Å². The van der Waals surface area contributed by atoms with Gasteiger partial charge in [0.1, 0.15) is 11.5 Å². The molecule has 0 heterocycles. The van der Waals surface area contributed by atoms with Crippen molar-refractivity contribution in [3.8, 4) is 11.5 Å². The molecule has 84 valence electrons. The highest BCUT2D eigenvalue weighted by atomic mass is 16.5. The smallest absolute Gasteiger partial charge is 0.119 e. The van der Waals surface area contributed by atoms with E-state index in [2.05, 4.69) is 24.3 Å². The Morgan fingerprint density at radius 3 is 1.56 bits per heavy atom. The molecule has 2 rings (SSSR count). The number of hydrogen-bond donors (Lipinski definition) is 0. The number of ether oxygens (including phenoxy) is 2. The van der Waals surface area contributed by atoms with Gasteiger partial charge in [-0.25, -0.2) is 0 Å². The molecule has 2 aromatic rings. The van der Waals surface area contributed by atoms with E-state index in [4.69, 9.17) is 9.47 Å². The van der Waals surface area contributed by atoms with Crippen LogP contribution in [0, 0.1) is 0 Å². The van der Waals surface area contributed by atoms with Crippen molar-refractivity contribution in [2.75, 3.05) is 13.2 Å². The van der Waals surface area contributed by atoms with Gasteiger partial charge in [0, 0.05) is 0 Å². The first-order chi connectivity index (χ1) is 7.83. The van der Waals surface area contributed by atoms with Crippen molar-refractivity contribution in [3.63, 3.8) is 0 Å². The molecule has 0 aliphatic carbocycles. The molecule has 0 atom stereocenters. The van der Waals surface area contributed by atoms with Crippen molar-refractivity contribution in [1.82, 2.24) is 0 Å². The van der Waals surface area contributed by atoms with E-state index in [-0.39, 0.29) is 0 Å².